The van der Waals surface area contributed by atoms with Gasteiger partial charge in [0.2, 0.25) is 0 Å². The zero-order chi connectivity index (χ0) is 17.1. The molecule has 0 spiro atoms. The summed E-state index contributed by atoms with van der Waals surface area (Å²) in [6, 6.07) is 12.2. The quantitative estimate of drug-likeness (QED) is 0.910. The first-order valence-electron chi connectivity index (χ1n) is 9.12. The van der Waals surface area contributed by atoms with Crippen LogP contribution in [0, 0.1) is 17.2 Å². The first-order valence-corrected chi connectivity index (χ1v) is 9.12. The second-order valence-electron chi connectivity index (χ2n) is 7.10. The van der Waals surface area contributed by atoms with E-state index in [1.54, 1.807) is 0 Å². The van der Waals surface area contributed by atoms with E-state index in [1.807, 2.05) is 18.2 Å². The molecule has 5 heteroatoms. The number of anilines is 1. The lowest BCUT2D eigenvalue weighted by Gasteiger charge is -2.40. The highest BCUT2D eigenvalue weighted by Crippen LogP contribution is 2.26. The lowest BCUT2D eigenvalue weighted by atomic mass is 9.95. The van der Waals surface area contributed by atoms with Crippen molar-refractivity contribution in [3.63, 3.8) is 0 Å². The molecule has 5 nitrogen and oxygen atoms in total. The van der Waals surface area contributed by atoms with Crippen molar-refractivity contribution in [2.24, 2.45) is 5.92 Å². The van der Waals surface area contributed by atoms with Gasteiger partial charge in [0, 0.05) is 32.1 Å². The normalized spacial score (nSPS) is 16.8. The predicted octanol–water partition coefficient (Wildman–Crippen LogP) is 2.45. The van der Waals surface area contributed by atoms with Crippen LogP contribution in [0.15, 0.2) is 30.3 Å². The summed E-state index contributed by atoms with van der Waals surface area (Å²) in [6.07, 6.45) is 4.76. The monoisotopic (exact) mass is 333 g/mol. The number of aryl methyl sites for hydroxylation is 2. The molecule has 0 amide bonds. The van der Waals surface area contributed by atoms with Gasteiger partial charge in [-0.05, 0) is 55.0 Å². The Hall–Kier alpha value is -2.45. The van der Waals surface area contributed by atoms with Crippen LogP contribution in [0.5, 0.6) is 0 Å². The molecule has 1 aromatic carbocycles. The number of nitrogens with zero attached hydrogens (tertiary/aromatic N) is 4. The van der Waals surface area contributed by atoms with Crippen molar-refractivity contribution >= 4 is 5.82 Å². The molecule has 0 saturated carbocycles. The molecule has 0 unspecified atom stereocenters. The van der Waals surface area contributed by atoms with Crippen LogP contribution < -0.4 is 10.2 Å². The van der Waals surface area contributed by atoms with E-state index in [1.165, 1.54) is 24.1 Å². The van der Waals surface area contributed by atoms with Crippen molar-refractivity contribution in [3.05, 3.63) is 52.7 Å². The average molecular weight is 333 g/mol. The van der Waals surface area contributed by atoms with Gasteiger partial charge in [-0.1, -0.05) is 12.1 Å². The van der Waals surface area contributed by atoms with Crippen LogP contribution in [0.4, 0.5) is 5.82 Å². The number of nitriles is 1. The van der Waals surface area contributed by atoms with E-state index in [0.29, 0.717) is 5.92 Å². The van der Waals surface area contributed by atoms with Gasteiger partial charge in [-0.15, -0.1) is 5.10 Å². The molecule has 1 aromatic heterocycles. The fraction of sp³-hybridized carbons (Fsp3) is 0.450. The number of hydrogen-bond acceptors (Lipinski definition) is 5. The van der Waals surface area contributed by atoms with Crippen molar-refractivity contribution in [2.75, 3.05) is 24.5 Å². The number of hydrogen-bond donors (Lipinski definition) is 1. The molecule has 2 aromatic rings. The summed E-state index contributed by atoms with van der Waals surface area (Å²) in [5, 5.41) is 21.3. The van der Waals surface area contributed by atoms with Gasteiger partial charge in [-0.25, -0.2) is 0 Å². The Balaban J connectivity index is 1.24. The van der Waals surface area contributed by atoms with Gasteiger partial charge < -0.3 is 10.2 Å². The Morgan fingerprint density at radius 3 is 2.92 bits per heavy atom. The molecular weight excluding hydrogens is 310 g/mol. The Kier molecular flexibility index (Phi) is 4.62. The number of benzene rings is 1. The van der Waals surface area contributed by atoms with Crippen LogP contribution in [0.1, 0.15) is 35.2 Å². The highest BCUT2D eigenvalue weighted by Gasteiger charge is 2.28. The van der Waals surface area contributed by atoms with Crippen LogP contribution in [0.3, 0.4) is 0 Å². The minimum Gasteiger partial charge on any atom is -0.354 e. The molecule has 1 N–H and O–H groups in total. The summed E-state index contributed by atoms with van der Waals surface area (Å²) in [4.78, 5) is 2.32. The molecule has 0 radical (unpaired) electrons. The van der Waals surface area contributed by atoms with E-state index in [2.05, 4.69) is 38.6 Å². The zero-order valence-corrected chi connectivity index (χ0v) is 14.4. The zero-order valence-electron chi connectivity index (χ0n) is 14.4. The molecule has 0 atom stereocenters. The van der Waals surface area contributed by atoms with E-state index in [0.717, 1.165) is 56.0 Å². The number of fused-ring (bicyclic) bond motifs is 1. The fourth-order valence-corrected chi connectivity index (χ4v) is 3.69. The van der Waals surface area contributed by atoms with Crippen molar-refractivity contribution in [1.29, 1.82) is 5.26 Å². The number of aromatic nitrogens is 2. The van der Waals surface area contributed by atoms with Gasteiger partial charge in [-0.3, -0.25) is 0 Å². The summed E-state index contributed by atoms with van der Waals surface area (Å²) in [7, 11) is 0. The summed E-state index contributed by atoms with van der Waals surface area (Å²) in [5.41, 5.74) is 4.49. The Labute approximate surface area is 148 Å². The SMILES string of the molecule is N#Cc1cccc(CNCC2CN(c3cc4c(nn3)CCCC4)C2)c1. The molecule has 25 heavy (non-hydrogen) atoms. The third kappa shape index (κ3) is 3.64. The van der Waals surface area contributed by atoms with Crippen molar-refractivity contribution in [3.8, 4) is 6.07 Å². The van der Waals surface area contributed by atoms with Crippen LogP contribution in [0.25, 0.3) is 0 Å². The maximum absolute atomic E-state index is 8.95. The fourth-order valence-electron chi connectivity index (χ4n) is 3.69. The van der Waals surface area contributed by atoms with E-state index >= 15 is 0 Å². The topological polar surface area (TPSA) is 64.8 Å². The molecule has 2 heterocycles. The molecule has 1 saturated heterocycles. The van der Waals surface area contributed by atoms with E-state index < -0.39 is 0 Å². The molecule has 1 fully saturated rings. The second-order valence-corrected chi connectivity index (χ2v) is 7.10. The van der Waals surface area contributed by atoms with Gasteiger partial charge in [-0.2, -0.15) is 10.4 Å². The molecule has 1 aliphatic heterocycles. The van der Waals surface area contributed by atoms with E-state index in [4.69, 9.17) is 5.26 Å². The third-order valence-corrected chi connectivity index (χ3v) is 5.16. The number of nitrogens with one attached hydrogen (secondary N) is 1. The summed E-state index contributed by atoms with van der Waals surface area (Å²) < 4.78 is 0. The highest BCUT2D eigenvalue weighted by atomic mass is 15.3. The smallest absolute Gasteiger partial charge is 0.151 e. The molecule has 128 valence electrons. The van der Waals surface area contributed by atoms with Crippen LogP contribution in [-0.2, 0) is 19.4 Å². The standard InChI is InChI=1S/C20H23N5/c21-10-15-4-3-5-16(8-15)11-22-12-17-13-25(14-17)20-9-18-6-1-2-7-19(18)23-24-20/h3-5,8-9,17,22H,1-2,6-7,11-14H2. The lowest BCUT2D eigenvalue weighted by molar-refractivity contribution is 0.381. The van der Waals surface area contributed by atoms with Crippen molar-refractivity contribution < 1.29 is 0 Å². The van der Waals surface area contributed by atoms with Crippen LogP contribution in [-0.4, -0.2) is 29.8 Å². The maximum atomic E-state index is 8.95. The van der Waals surface area contributed by atoms with Gasteiger partial charge in [0.05, 0.1) is 17.3 Å². The van der Waals surface area contributed by atoms with Crippen LogP contribution in [0.2, 0.25) is 0 Å². The first-order chi connectivity index (χ1) is 12.3. The van der Waals surface area contributed by atoms with Crippen molar-refractivity contribution in [2.45, 2.75) is 32.2 Å². The van der Waals surface area contributed by atoms with Crippen LogP contribution >= 0.6 is 0 Å². The molecular formula is C20H23N5. The Morgan fingerprint density at radius 2 is 2.04 bits per heavy atom. The van der Waals surface area contributed by atoms with E-state index in [9.17, 15) is 0 Å². The summed E-state index contributed by atoms with van der Waals surface area (Å²) in [6.45, 7) is 3.88. The maximum Gasteiger partial charge on any atom is 0.151 e. The molecule has 4 rings (SSSR count). The average Bonchev–Trinajstić information content (AvgIpc) is 2.63. The van der Waals surface area contributed by atoms with Gasteiger partial charge in [0.15, 0.2) is 5.82 Å². The van der Waals surface area contributed by atoms with Gasteiger partial charge in [0.1, 0.15) is 0 Å². The molecule has 1 aliphatic carbocycles. The first kappa shape index (κ1) is 16.0. The minimum atomic E-state index is 0.650. The van der Waals surface area contributed by atoms with Gasteiger partial charge in [0.25, 0.3) is 0 Å². The minimum absolute atomic E-state index is 0.650. The summed E-state index contributed by atoms with van der Waals surface area (Å²) in [5.74, 6) is 1.69. The Bertz CT molecular complexity index is 789. The highest BCUT2D eigenvalue weighted by molar-refractivity contribution is 5.44. The third-order valence-electron chi connectivity index (χ3n) is 5.16. The number of rotatable bonds is 5. The van der Waals surface area contributed by atoms with Gasteiger partial charge >= 0.3 is 0 Å². The Morgan fingerprint density at radius 1 is 1.16 bits per heavy atom. The molecule has 0 bridgehead atoms. The van der Waals surface area contributed by atoms with Crippen molar-refractivity contribution in [1.82, 2.24) is 15.5 Å². The summed E-state index contributed by atoms with van der Waals surface area (Å²) >= 11 is 0. The predicted molar refractivity (Wildman–Crippen MR) is 97.2 cm³/mol. The largest absolute Gasteiger partial charge is 0.354 e. The van der Waals surface area contributed by atoms with E-state index in [-0.39, 0.29) is 0 Å². The second kappa shape index (κ2) is 7.20. The lowest BCUT2D eigenvalue weighted by Crippen LogP contribution is -2.51. The molecule has 2 aliphatic rings.